The second kappa shape index (κ2) is 7.88. The van der Waals surface area contributed by atoms with Crippen LogP contribution in [-0.2, 0) is 6.42 Å². The van der Waals surface area contributed by atoms with Crippen LogP contribution in [0.1, 0.15) is 38.2 Å². The highest BCUT2D eigenvalue weighted by Gasteiger charge is 2.04. The predicted octanol–water partition coefficient (Wildman–Crippen LogP) is 4.51. The van der Waals surface area contributed by atoms with Crippen LogP contribution < -0.4 is 4.74 Å². The van der Waals surface area contributed by atoms with E-state index in [0.29, 0.717) is 12.4 Å². The van der Waals surface area contributed by atoms with Crippen LogP contribution in [0, 0.1) is 5.82 Å². The summed E-state index contributed by atoms with van der Waals surface area (Å²) in [5.41, 5.74) is 1.05. The third-order valence-electron chi connectivity index (χ3n) is 2.67. The smallest absolute Gasteiger partial charge is 0.165 e. The fourth-order valence-corrected chi connectivity index (χ4v) is 1.72. The molecule has 0 aliphatic carbocycles. The van der Waals surface area contributed by atoms with E-state index in [1.54, 1.807) is 18.2 Å². The minimum absolute atomic E-state index is 0.278. The zero-order chi connectivity index (χ0) is 12.5. The van der Waals surface area contributed by atoms with Gasteiger partial charge in [-0.3, -0.25) is 0 Å². The lowest BCUT2D eigenvalue weighted by molar-refractivity contribution is 0.341. The lowest BCUT2D eigenvalue weighted by atomic mass is 10.1. The first-order chi connectivity index (χ1) is 8.27. The van der Waals surface area contributed by atoms with E-state index >= 15 is 0 Å². The Morgan fingerprint density at radius 2 is 2.12 bits per heavy atom. The number of ether oxygens (including phenoxy) is 1. The average molecular weight is 236 g/mol. The molecule has 0 aliphatic rings. The van der Waals surface area contributed by atoms with Gasteiger partial charge in [0.05, 0.1) is 0 Å². The molecule has 0 aliphatic heterocycles. The van der Waals surface area contributed by atoms with Crippen molar-refractivity contribution < 1.29 is 9.13 Å². The number of hydrogen-bond acceptors (Lipinski definition) is 1. The Kier molecular flexibility index (Phi) is 6.38. The lowest BCUT2D eigenvalue weighted by Gasteiger charge is -2.07. The van der Waals surface area contributed by atoms with Gasteiger partial charge < -0.3 is 4.74 Å². The van der Waals surface area contributed by atoms with Gasteiger partial charge >= 0.3 is 0 Å². The first-order valence-electron chi connectivity index (χ1n) is 6.30. The highest BCUT2D eigenvalue weighted by molar-refractivity contribution is 5.29. The van der Waals surface area contributed by atoms with Gasteiger partial charge in [0.1, 0.15) is 6.61 Å². The average Bonchev–Trinajstić information content (AvgIpc) is 2.34. The molecule has 0 unspecified atom stereocenters. The molecule has 0 saturated carbocycles. The van der Waals surface area contributed by atoms with Crippen LogP contribution >= 0.6 is 0 Å². The van der Waals surface area contributed by atoms with Crippen molar-refractivity contribution in [3.8, 4) is 5.75 Å². The van der Waals surface area contributed by atoms with E-state index in [1.165, 1.54) is 19.3 Å². The standard InChI is InChI=1S/C15H21FO/c1-3-5-6-7-8-13-9-10-15(14(16)12-13)17-11-4-2/h4,9-10,12H,2-3,5-8,11H2,1H3. The first-order valence-corrected chi connectivity index (χ1v) is 6.30. The molecule has 0 radical (unpaired) electrons. The van der Waals surface area contributed by atoms with E-state index < -0.39 is 0 Å². The second-order valence-corrected chi connectivity index (χ2v) is 4.18. The van der Waals surface area contributed by atoms with Gasteiger partial charge in [0, 0.05) is 0 Å². The fraction of sp³-hybridized carbons (Fsp3) is 0.467. The third kappa shape index (κ3) is 5.03. The van der Waals surface area contributed by atoms with Crippen molar-refractivity contribution in [3.63, 3.8) is 0 Å². The molecule has 0 spiro atoms. The maximum Gasteiger partial charge on any atom is 0.165 e. The molecule has 0 heterocycles. The summed E-state index contributed by atoms with van der Waals surface area (Å²) in [5.74, 6) is 0.0297. The molecule has 0 aromatic heterocycles. The van der Waals surface area contributed by atoms with E-state index in [2.05, 4.69) is 13.5 Å². The molecule has 1 aromatic rings. The topological polar surface area (TPSA) is 9.23 Å². The number of unbranched alkanes of at least 4 members (excludes halogenated alkanes) is 3. The van der Waals surface area contributed by atoms with Gasteiger partial charge in [-0.15, -0.1) is 0 Å². The molecular weight excluding hydrogens is 215 g/mol. The summed E-state index contributed by atoms with van der Waals surface area (Å²) in [6, 6.07) is 5.21. The summed E-state index contributed by atoms with van der Waals surface area (Å²) in [6.45, 7) is 6.06. The first kappa shape index (κ1) is 13.8. The molecule has 0 bridgehead atoms. The summed E-state index contributed by atoms with van der Waals surface area (Å²) in [7, 11) is 0. The predicted molar refractivity (Wildman–Crippen MR) is 69.9 cm³/mol. The Hall–Kier alpha value is -1.31. The number of hydrogen-bond donors (Lipinski definition) is 0. The van der Waals surface area contributed by atoms with E-state index in [-0.39, 0.29) is 5.82 Å². The maximum absolute atomic E-state index is 13.6. The maximum atomic E-state index is 13.6. The van der Waals surface area contributed by atoms with Crippen molar-refractivity contribution in [2.45, 2.75) is 39.0 Å². The Bertz CT molecular complexity index is 347. The molecule has 2 heteroatoms. The summed E-state index contributed by atoms with van der Waals surface area (Å²) >= 11 is 0. The van der Waals surface area contributed by atoms with E-state index in [4.69, 9.17) is 4.74 Å². The van der Waals surface area contributed by atoms with Gasteiger partial charge in [0.2, 0.25) is 0 Å². The van der Waals surface area contributed by atoms with Crippen molar-refractivity contribution in [2.24, 2.45) is 0 Å². The molecule has 94 valence electrons. The number of aryl methyl sites for hydroxylation is 1. The number of rotatable bonds is 8. The Morgan fingerprint density at radius 1 is 1.29 bits per heavy atom. The normalized spacial score (nSPS) is 10.2. The molecule has 0 atom stereocenters. The molecule has 0 saturated heterocycles. The molecule has 0 fully saturated rings. The van der Waals surface area contributed by atoms with E-state index in [0.717, 1.165) is 18.4 Å². The summed E-state index contributed by atoms with van der Waals surface area (Å²) in [4.78, 5) is 0. The highest BCUT2D eigenvalue weighted by atomic mass is 19.1. The Morgan fingerprint density at radius 3 is 2.76 bits per heavy atom. The summed E-state index contributed by atoms with van der Waals surface area (Å²) < 4.78 is 18.8. The van der Waals surface area contributed by atoms with Crippen LogP contribution in [0.5, 0.6) is 5.75 Å². The molecular formula is C15H21FO. The van der Waals surface area contributed by atoms with Gasteiger partial charge in [0.15, 0.2) is 11.6 Å². The molecule has 1 rings (SSSR count). The molecule has 1 aromatic carbocycles. The molecule has 0 N–H and O–H groups in total. The van der Waals surface area contributed by atoms with Crippen molar-refractivity contribution in [1.29, 1.82) is 0 Å². The van der Waals surface area contributed by atoms with Gasteiger partial charge in [-0.05, 0) is 30.5 Å². The van der Waals surface area contributed by atoms with Gasteiger partial charge in [-0.2, -0.15) is 0 Å². The van der Waals surface area contributed by atoms with Crippen LogP contribution in [-0.4, -0.2) is 6.61 Å². The van der Waals surface area contributed by atoms with E-state index in [9.17, 15) is 4.39 Å². The Labute approximate surface area is 103 Å². The van der Waals surface area contributed by atoms with Crippen LogP contribution in [0.2, 0.25) is 0 Å². The monoisotopic (exact) mass is 236 g/mol. The number of benzene rings is 1. The van der Waals surface area contributed by atoms with Crippen LogP contribution in [0.3, 0.4) is 0 Å². The summed E-state index contributed by atoms with van der Waals surface area (Å²) in [6.07, 6.45) is 7.37. The van der Waals surface area contributed by atoms with Crippen LogP contribution in [0.25, 0.3) is 0 Å². The second-order valence-electron chi connectivity index (χ2n) is 4.18. The quantitative estimate of drug-likeness (QED) is 0.476. The van der Waals surface area contributed by atoms with Gasteiger partial charge in [-0.1, -0.05) is 44.9 Å². The van der Waals surface area contributed by atoms with Crippen molar-refractivity contribution in [1.82, 2.24) is 0 Å². The molecule has 17 heavy (non-hydrogen) atoms. The van der Waals surface area contributed by atoms with Crippen LogP contribution in [0.15, 0.2) is 30.9 Å². The SMILES string of the molecule is C=CCOc1ccc(CCCCCC)cc1F. The van der Waals surface area contributed by atoms with Crippen molar-refractivity contribution in [2.75, 3.05) is 6.61 Å². The minimum Gasteiger partial charge on any atom is -0.486 e. The zero-order valence-corrected chi connectivity index (χ0v) is 10.5. The number of halogens is 1. The van der Waals surface area contributed by atoms with Gasteiger partial charge in [0.25, 0.3) is 0 Å². The van der Waals surface area contributed by atoms with Crippen molar-refractivity contribution in [3.05, 3.63) is 42.2 Å². The third-order valence-corrected chi connectivity index (χ3v) is 2.67. The lowest BCUT2D eigenvalue weighted by Crippen LogP contribution is -1.96. The zero-order valence-electron chi connectivity index (χ0n) is 10.5. The largest absolute Gasteiger partial charge is 0.486 e. The highest BCUT2D eigenvalue weighted by Crippen LogP contribution is 2.19. The molecule has 1 nitrogen and oxygen atoms in total. The fourth-order valence-electron chi connectivity index (χ4n) is 1.72. The molecule has 0 amide bonds. The van der Waals surface area contributed by atoms with Gasteiger partial charge in [-0.25, -0.2) is 4.39 Å². The van der Waals surface area contributed by atoms with Crippen LogP contribution in [0.4, 0.5) is 4.39 Å². The minimum atomic E-state index is -0.278. The summed E-state index contributed by atoms with van der Waals surface area (Å²) in [5, 5.41) is 0. The Balaban J connectivity index is 2.47. The van der Waals surface area contributed by atoms with Crippen molar-refractivity contribution >= 4 is 0 Å². The van der Waals surface area contributed by atoms with E-state index in [1.807, 2.05) is 6.07 Å².